The molecule has 0 saturated carbocycles. The van der Waals surface area contributed by atoms with E-state index in [1.165, 1.54) is 16.7 Å². The van der Waals surface area contributed by atoms with Gasteiger partial charge in [0, 0.05) is 30.3 Å². The van der Waals surface area contributed by atoms with Crippen molar-refractivity contribution in [2.75, 3.05) is 13.1 Å². The number of nitrogens with two attached hydrogens (primary N) is 1. The molecule has 4 rings (SSSR count). The Labute approximate surface area is 178 Å². The third-order valence-corrected chi connectivity index (χ3v) is 6.18. The zero-order chi connectivity index (χ0) is 21.1. The Morgan fingerprint density at radius 1 is 1.07 bits per heavy atom. The maximum atomic E-state index is 11.2. The highest BCUT2D eigenvalue weighted by atomic mass is 16.1. The van der Waals surface area contributed by atoms with Gasteiger partial charge in [0.15, 0.2) is 0 Å². The maximum absolute atomic E-state index is 11.2. The Morgan fingerprint density at radius 2 is 1.80 bits per heavy atom. The van der Waals surface area contributed by atoms with E-state index < -0.39 is 0 Å². The van der Waals surface area contributed by atoms with Crippen LogP contribution in [0.25, 0.3) is 16.9 Å². The molecule has 1 aromatic heterocycles. The van der Waals surface area contributed by atoms with Crippen molar-refractivity contribution in [3.8, 4) is 16.9 Å². The second-order valence-corrected chi connectivity index (χ2v) is 8.47. The van der Waals surface area contributed by atoms with Crippen molar-refractivity contribution in [1.29, 1.82) is 0 Å². The lowest BCUT2D eigenvalue weighted by Gasteiger charge is -2.31. The van der Waals surface area contributed by atoms with E-state index in [1.54, 1.807) is 0 Å². The fourth-order valence-corrected chi connectivity index (χ4v) is 4.24. The highest BCUT2D eigenvalue weighted by molar-refractivity contribution is 5.74. The number of primary amides is 1. The van der Waals surface area contributed by atoms with Gasteiger partial charge in [-0.3, -0.25) is 9.69 Å². The molecule has 0 radical (unpaired) electrons. The van der Waals surface area contributed by atoms with E-state index in [4.69, 9.17) is 10.8 Å². The number of carbonyl (C=O) groups excluding carboxylic acids is 1. The summed E-state index contributed by atoms with van der Waals surface area (Å²) in [5.74, 6) is 0.236. The van der Waals surface area contributed by atoms with E-state index in [2.05, 4.69) is 55.3 Å². The number of piperidine rings is 1. The summed E-state index contributed by atoms with van der Waals surface area (Å²) in [6, 6.07) is 16.8. The fourth-order valence-electron chi connectivity index (χ4n) is 4.24. The average molecular weight is 403 g/mol. The number of amides is 1. The highest BCUT2D eigenvalue weighted by Gasteiger charge is 2.22. The van der Waals surface area contributed by atoms with Gasteiger partial charge in [0.2, 0.25) is 5.91 Å². The molecule has 2 N–H and O–H groups in total. The Hall–Kier alpha value is -2.92. The number of rotatable bonds is 6. The topological polar surface area (TPSA) is 64.2 Å². The third-order valence-electron chi connectivity index (χ3n) is 6.18. The van der Waals surface area contributed by atoms with Gasteiger partial charge in [-0.1, -0.05) is 30.3 Å². The first-order valence-electron chi connectivity index (χ1n) is 10.7. The van der Waals surface area contributed by atoms with E-state index >= 15 is 0 Å². The van der Waals surface area contributed by atoms with Gasteiger partial charge in [-0.25, -0.2) is 4.68 Å². The SMILES string of the molecule is Cc1ccc(-c2nn(-c3ccccc3)cc2CN2CCC(CC(N)=O)CC2)cc1C. The lowest BCUT2D eigenvalue weighted by atomic mass is 9.93. The van der Waals surface area contributed by atoms with Gasteiger partial charge in [-0.15, -0.1) is 0 Å². The predicted molar refractivity (Wildman–Crippen MR) is 120 cm³/mol. The Bertz CT molecular complexity index is 1020. The van der Waals surface area contributed by atoms with Crippen LogP contribution in [0, 0.1) is 19.8 Å². The summed E-state index contributed by atoms with van der Waals surface area (Å²) in [5, 5.41) is 4.97. The molecule has 2 heterocycles. The van der Waals surface area contributed by atoms with Crippen molar-refractivity contribution >= 4 is 5.91 Å². The van der Waals surface area contributed by atoms with Crippen molar-refractivity contribution in [2.45, 2.75) is 39.7 Å². The van der Waals surface area contributed by atoms with Crippen molar-refractivity contribution in [2.24, 2.45) is 11.7 Å². The van der Waals surface area contributed by atoms with Crippen molar-refractivity contribution in [3.63, 3.8) is 0 Å². The number of hydrogen-bond donors (Lipinski definition) is 1. The first-order chi connectivity index (χ1) is 14.5. The fraction of sp³-hybridized carbons (Fsp3) is 0.360. The molecule has 0 bridgehead atoms. The molecule has 1 aliphatic rings. The van der Waals surface area contributed by atoms with Crippen LogP contribution in [0.15, 0.2) is 54.7 Å². The minimum atomic E-state index is -0.186. The molecule has 0 unspecified atom stereocenters. The summed E-state index contributed by atoms with van der Waals surface area (Å²) in [6.45, 7) is 7.12. The second kappa shape index (κ2) is 8.84. The van der Waals surface area contributed by atoms with Crippen molar-refractivity contribution in [1.82, 2.24) is 14.7 Å². The summed E-state index contributed by atoms with van der Waals surface area (Å²) in [5.41, 5.74) is 12.4. The lowest BCUT2D eigenvalue weighted by molar-refractivity contribution is -0.119. The number of para-hydroxylation sites is 1. The maximum Gasteiger partial charge on any atom is 0.217 e. The molecule has 0 atom stereocenters. The van der Waals surface area contributed by atoms with Crippen LogP contribution in [-0.4, -0.2) is 33.7 Å². The van der Waals surface area contributed by atoms with Crippen molar-refractivity contribution < 1.29 is 4.79 Å². The van der Waals surface area contributed by atoms with Gasteiger partial charge in [0.1, 0.15) is 0 Å². The highest BCUT2D eigenvalue weighted by Crippen LogP contribution is 2.28. The van der Waals surface area contributed by atoms with E-state index in [9.17, 15) is 4.79 Å². The number of carbonyl (C=O) groups is 1. The minimum Gasteiger partial charge on any atom is -0.370 e. The molecule has 156 valence electrons. The van der Waals surface area contributed by atoms with Crippen LogP contribution < -0.4 is 5.73 Å². The van der Waals surface area contributed by atoms with Gasteiger partial charge >= 0.3 is 0 Å². The van der Waals surface area contributed by atoms with Gasteiger partial charge in [0.05, 0.1) is 11.4 Å². The molecule has 30 heavy (non-hydrogen) atoms. The predicted octanol–water partition coefficient (Wildman–Crippen LogP) is 4.24. The van der Waals surface area contributed by atoms with E-state index in [0.717, 1.165) is 49.4 Å². The zero-order valence-corrected chi connectivity index (χ0v) is 17.8. The molecule has 0 aliphatic carbocycles. The average Bonchev–Trinajstić information content (AvgIpc) is 3.15. The number of nitrogens with zero attached hydrogens (tertiary/aromatic N) is 3. The molecule has 5 nitrogen and oxygen atoms in total. The number of hydrogen-bond acceptors (Lipinski definition) is 3. The monoisotopic (exact) mass is 402 g/mol. The Kier molecular flexibility index (Phi) is 6.00. The number of aryl methyl sites for hydroxylation is 2. The third kappa shape index (κ3) is 4.62. The normalized spacial score (nSPS) is 15.4. The summed E-state index contributed by atoms with van der Waals surface area (Å²) in [6.07, 6.45) is 4.71. The van der Waals surface area contributed by atoms with Gasteiger partial charge in [0.25, 0.3) is 0 Å². The quantitative estimate of drug-likeness (QED) is 0.671. The standard InChI is InChI=1S/C25H30N4O/c1-18-8-9-21(14-19(18)2)25-22(17-29(27-25)23-6-4-3-5-7-23)16-28-12-10-20(11-13-28)15-24(26)30/h3-9,14,17,20H,10-13,15-16H2,1-2H3,(H2,26,30). The van der Waals surface area contributed by atoms with E-state index in [-0.39, 0.29) is 5.91 Å². The summed E-state index contributed by atoms with van der Waals surface area (Å²) >= 11 is 0. The van der Waals surface area contributed by atoms with Crippen molar-refractivity contribution in [3.05, 3.63) is 71.4 Å². The second-order valence-electron chi connectivity index (χ2n) is 8.47. The Morgan fingerprint density at radius 3 is 2.47 bits per heavy atom. The molecule has 2 aromatic carbocycles. The zero-order valence-electron chi connectivity index (χ0n) is 17.8. The minimum absolute atomic E-state index is 0.186. The molecule has 1 fully saturated rings. The van der Waals surface area contributed by atoms with Crippen LogP contribution in [0.2, 0.25) is 0 Å². The van der Waals surface area contributed by atoms with Gasteiger partial charge in [-0.05, 0) is 75.0 Å². The van der Waals surface area contributed by atoms with Crippen LogP contribution in [0.4, 0.5) is 0 Å². The molecule has 0 spiro atoms. The van der Waals surface area contributed by atoms with Crippen LogP contribution in [0.5, 0.6) is 0 Å². The molecule has 1 saturated heterocycles. The molecule has 1 amide bonds. The molecular formula is C25H30N4O. The molecule has 1 aliphatic heterocycles. The van der Waals surface area contributed by atoms with Crippen LogP contribution in [-0.2, 0) is 11.3 Å². The first kappa shape index (κ1) is 20.4. The van der Waals surface area contributed by atoms with Gasteiger partial charge < -0.3 is 5.73 Å². The van der Waals surface area contributed by atoms with Crippen LogP contribution >= 0.6 is 0 Å². The lowest BCUT2D eigenvalue weighted by Crippen LogP contribution is -2.34. The van der Waals surface area contributed by atoms with E-state index in [1.807, 2.05) is 22.9 Å². The summed E-state index contributed by atoms with van der Waals surface area (Å²) in [7, 11) is 0. The van der Waals surface area contributed by atoms with E-state index in [0.29, 0.717) is 12.3 Å². The Balaban J connectivity index is 1.60. The molecular weight excluding hydrogens is 372 g/mol. The summed E-state index contributed by atoms with van der Waals surface area (Å²) in [4.78, 5) is 13.7. The first-order valence-corrected chi connectivity index (χ1v) is 10.7. The number of benzene rings is 2. The summed E-state index contributed by atoms with van der Waals surface area (Å²) < 4.78 is 1.99. The largest absolute Gasteiger partial charge is 0.370 e. The van der Waals surface area contributed by atoms with Crippen LogP contribution in [0.1, 0.15) is 36.0 Å². The van der Waals surface area contributed by atoms with Gasteiger partial charge in [-0.2, -0.15) is 5.10 Å². The smallest absolute Gasteiger partial charge is 0.217 e. The van der Waals surface area contributed by atoms with Crippen LogP contribution in [0.3, 0.4) is 0 Å². The number of aromatic nitrogens is 2. The molecule has 3 aromatic rings. The molecule has 5 heteroatoms. The number of likely N-dealkylation sites (tertiary alicyclic amines) is 1.